The molecule has 0 bridgehead atoms. The fourth-order valence-corrected chi connectivity index (χ4v) is 5.80. The number of allylic oxidation sites excluding steroid dienone is 1. The summed E-state index contributed by atoms with van der Waals surface area (Å²) in [6, 6.07) is 21.8. The Morgan fingerprint density at radius 1 is 1.05 bits per heavy atom. The van der Waals surface area contributed by atoms with Gasteiger partial charge in [0.1, 0.15) is 6.61 Å². The number of hydrogen-bond donors (Lipinski definition) is 0. The van der Waals surface area contributed by atoms with E-state index < -0.39 is 12.0 Å². The Bertz CT molecular complexity index is 1780. The highest BCUT2D eigenvalue weighted by Gasteiger charge is 2.32. The van der Waals surface area contributed by atoms with Crippen LogP contribution in [-0.2, 0) is 16.1 Å². The van der Waals surface area contributed by atoms with E-state index in [0.29, 0.717) is 50.3 Å². The molecule has 0 aliphatic carbocycles. The minimum absolute atomic E-state index is 0.247. The van der Waals surface area contributed by atoms with Crippen molar-refractivity contribution in [3.05, 3.63) is 125 Å². The lowest BCUT2D eigenvalue weighted by molar-refractivity contribution is -0.136. The van der Waals surface area contributed by atoms with Gasteiger partial charge in [0.2, 0.25) is 0 Å². The number of fused-ring (bicyclic) bond motifs is 1. The molecule has 0 fully saturated rings. The van der Waals surface area contributed by atoms with Crippen LogP contribution in [0.5, 0.6) is 11.5 Å². The molecule has 0 saturated carbocycles. The zero-order valence-corrected chi connectivity index (χ0v) is 23.8. The van der Waals surface area contributed by atoms with Gasteiger partial charge in [0.25, 0.3) is 5.56 Å². The lowest BCUT2D eigenvalue weighted by Crippen LogP contribution is -2.39. The number of nitrogens with zero attached hydrogens (tertiary/aromatic N) is 2. The maximum Gasteiger partial charge on any atom is 0.338 e. The molecular weight excluding hydrogens is 548 g/mol. The molecule has 40 heavy (non-hydrogen) atoms. The Morgan fingerprint density at radius 2 is 1.80 bits per heavy atom. The normalized spacial score (nSPS) is 14.9. The van der Waals surface area contributed by atoms with Crippen molar-refractivity contribution in [3.63, 3.8) is 0 Å². The van der Waals surface area contributed by atoms with Crippen molar-refractivity contribution in [2.24, 2.45) is 4.99 Å². The van der Waals surface area contributed by atoms with Crippen molar-refractivity contribution in [2.45, 2.75) is 26.5 Å². The number of halogens is 1. The van der Waals surface area contributed by atoms with E-state index >= 15 is 0 Å². The summed E-state index contributed by atoms with van der Waals surface area (Å²) in [5, 5.41) is 0.631. The average Bonchev–Trinajstić information content (AvgIpc) is 3.26. The van der Waals surface area contributed by atoms with Crippen molar-refractivity contribution in [1.29, 1.82) is 0 Å². The minimum atomic E-state index is -0.647. The second-order valence-electron chi connectivity index (χ2n) is 9.00. The van der Waals surface area contributed by atoms with Gasteiger partial charge in [0, 0.05) is 10.6 Å². The topological polar surface area (TPSA) is 79.1 Å². The average molecular weight is 575 g/mol. The summed E-state index contributed by atoms with van der Waals surface area (Å²) in [7, 11) is 1.33. The van der Waals surface area contributed by atoms with Crippen molar-refractivity contribution in [1.82, 2.24) is 4.57 Å². The van der Waals surface area contributed by atoms with Crippen molar-refractivity contribution in [3.8, 4) is 11.5 Å². The highest BCUT2D eigenvalue weighted by atomic mass is 35.5. The van der Waals surface area contributed by atoms with Gasteiger partial charge in [-0.1, -0.05) is 77.5 Å². The maximum atomic E-state index is 13.8. The van der Waals surface area contributed by atoms with E-state index in [2.05, 4.69) is 4.99 Å². The summed E-state index contributed by atoms with van der Waals surface area (Å²) in [4.78, 5) is 31.7. The van der Waals surface area contributed by atoms with Gasteiger partial charge in [0.15, 0.2) is 16.3 Å². The van der Waals surface area contributed by atoms with E-state index in [9.17, 15) is 9.59 Å². The predicted molar refractivity (Wildman–Crippen MR) is 156 cm³/mol. The fourth-order valence-electron chi connectivity index (χ4n) is 4.57. The summed E-state index contributed by atoms with van der Waals surface area (Å²) >= 11 is 7.54. The number of carbonyl (C=O) groups is 1. The quantitative estimate of drug-likeness (QED) is 0.276. The van der Waals surface area contributed by atoms with E-state index in [-0.39, 0.29) is 5.56 Å². The summed E-state index contributed by atoms with van der Waals surface area (Å²) < 4.78 is 19.0. The number of ether oxygens (including phenoxy) is 3. The third-order valence-corrected chi connectivity index (χ3v) is 7.80. The van der Waals surface area contributed by atoms with Crippen LogP contribution in [0.2, 0.25) is 5.02 Å². The molecule has 0 radical (unpaired) electrons. The molecule has 1 aromatic heterocycles. The van der Waals surface area contributed by atoms with Crippen LogP contribution in [0.3, 0.4) is 0 Å². The SMILES string of the molecule is CCOc1cc(/C=c2\sc3n(c2=O)[C@@H](c2ccccc2)C(C(=O)OC)=C(C)N=3)ccc1OCc1ccccc1Cl. The first-order valence-electron chi connectivity index (χ1n) is 12.7. The van der Waals surface area contributed by atoms with Gasteiger partial charge in [-0.05, 0) is 49.2 Å². The summed E-state index contributed by atoms with van der Waals surface area (Å²) in [5.74, 6) is 0.614. The molecular formula is C31H27ClN2O5S. The second-order valence-corrected chi connectivity index (χ2v) is 10.4. The molecule has 5 rings (SSSR count). The van der Waals surface area contributed by atoms with Crippen LogP contribution in [0.1, 0.15) is 36.6 Å². The van der Waals surface area contributed by atoms with Crippen molar-refractivity contribution < 1.29 is 19.0 Å². The Balaban J connectivity index is 1.55. The first-order valence-corrected chi connectivity index (χ1v) is 13.9. The largest absolute Gasteiger partial charge is 0.490 e. The first-order chi connectivity index (χ1) is 19.4. The van der Waals surface area contributed by atoms with Crippen LogP contribution in [0, 0.1) is 0 Å². The number of carbonyl (C=O) groups excluding carboxylic acids is 1. The Morgan fingerprint density at radius 3 is 2.52 bits per heavy atom. The molecule has 0 N–H and O–H groups in total. The Kier molecular flexibility index (Phi) is 8.19. The van der Waals surface area contributed by atoms with Crippen molar-refractivity contribution >= 4 is 35.0 Å². The molecule has 4 aromatic rings. The number of methoxy groups -OCH3 is 1. The lowest BCUT2D eigenvalue weighted by Gasteiger charge is -2.24. The van der Waals surface area contributed by atoms with E-state index in [1.54, 1.807) is 17.6 Å². The molecule has 204 valence electrons. The number of benzene rings is 3. The van der Waals surface area contributed by atoms with Gasteiger partial charge in [-0.15, -0.1) is 0 Å². The zero-order chi connectivity index (χ0) is 28.2. The number of thiazole rings is 1. The smallest absolute Gasteiger partial charge is 0.338 e. The van der Waals surface area contributed by atoms with Gasteiger partial charge >= 0.3 is 5.97 Å². The van der Waals surface area contributed by atoms with E-state index in [0.717, 1.165) is 16.7 Å². The van der Waals surface area contributed by atoms with Gasteiger partial charge in [-0.2, -0.15) is 0 Å². The third kappa shape index (κ3) is 5.46. The Hall–Kier alpha value is -4.14. The number of hydrogen-bond acceptors (Lipinski definition) is 7. The summed E-state index contributed by atoms with van der Waals surface area (Å²) in [5.41, 5.74) is 3.04. The molecule has 1 aliphatic heterocycles. The van der Waals surface area contributed by atoms with E-state index in [1.165, 1.54) is 18.4 Å². The summed E-state index contributed by atoms with van der Waals surface area (Å²) in [6.07, 6.45) is 1.80. The summed E-state index contributed by atoms with van der Waals surface area (Å²) in [6.45, 7) is 4.39. The minimum Gasteiger partial charge on any atom is -0.490 e. The highest BCUT2D eigenvalue weighted by Crippen LogP contribution is 2.32. The van der Waals surface area contributed by atoms with Crippen LogP contribution >= 0.6 is 22.9 Å². The van der Waals surface area contributed by atoms with Crippen LogP contribution in [-0.4, -0.2) is 24.3 Å². The Labute approximate surface area is 240 Å². The molecule has 0 saturated heterocycles. The second kappa shape index (κ2) is 11.9. The molecule has 2 heterocycles. The molecule has 7 nitrogen and oxygen atoms in total. The molecule has 1 aliphatic rings. The highest BCUT2D eigenvalue weighted by molar-refractivity contribution is 7.07. The first kappa shape index (κ1) is 27.4. The van der Waals surface area contributed by atoms with Crippen molar-refractivity contribution in [2.75, 3.05) is 13.7 Å². The van der Waals surface area contributed by atoms with Gasteiger partial charge in [-0.25, -0.2) is 9.79 Å². The zero-order valence-electron chi connectivity index (χ0n) is 22.2. The van der Waals surface area contributed by atoms with Gasteiger partial charge in [-0.3, -0.25) is 9.36 Å². The molecule has 0 spiro atoms. The lowest BCUT2D eigenvalue weighted by atomic mass is 9.96. The molecule has 0 amide bonds. The molecule has 1 atom stereocenters. The van der Waals surface area contributed by atoms with Gasteiger partial charge < -0.3 is 14.2 Å². The van der Waals surface area contributed by atoms with Crippen LogP contribution < -0.4 is 24.4 Å². The van der Waals surface area contributed by atoms with Crippen LogP contribution in [0.15, 0.2) is 93.9 Å². The van der Waals surface area contributed by atoms with Crippen LogP contribution in [0.4, 0.5) is 0 Å². The molecule has 0 unspecified atom stereocenters. The van der Waals surface area contributed by atoms with E-state index in [4.69, 9.17) is 25.8 Å². The predicted octanol–water partition coefficient (Wildman–Crippen LogP) is 5.04. The molecule has 3 aromatic carbocycles. The van der Waals surface area contributed by atoms with Gasteiger partial charge in [0.05, 0.1) is 35.6 Å². The number of esters is 1. The standard InChI is InChI=1S/C31H27ClN2O5S/c1-4-38-25-16-20(14-15-24(25)39-18-22-12-8-9-13-23(22)32)17-26-29(35)34-28(21-10-6-5-7-11-21)27(30(36)37-3)19(2)33-31(34)40-26/h5-17,28H,4,18H2,1-3H3/b26-17-/t28-/m0/s1. The van der Waals surface area contributed by atoms with Crippen LogP contribution in [0.25, 0.3) is 6.08 Å². The number of aromatic nitrogens is 1. The van der Waals surface area contributed by atoms with E-state index in [1.807, 2.05) is 79.7 Å². The third-order valence-electron chi connectivity index (χ3n) is 6.45. The maximum absolute atomic E-state index is 13.8. The monoisotopic (exact) mass is 574 g/mol. The number of rotatable bonds is 8. The molecule has 9 heteroatoms. The fraction of sp³-hybridized carbons (Fsp3) is 0.194.